The quantitative estimate of drug-likeness (QED) is 0.460. The highest BCUT2D eigenvalue weighted by atomic mass is 19.4. The van der Waals surface area contributed by atoms with Crippen LogP contribution in [0.3, 0.4) is 0 Å². The van der Waals surface area contributed by atoms with Crippen LogP contribution in [-0.2, 0) is 22.6 Å². The number of hydrogen-bond acceptors (Lipinski definition) is 4. The fraction of sp³-hybridized carbons (Fsp3) is 0.292. The highest BCUT2D eigenvalue weighted by Crippen LogP contribution is 2.24. The number of H-pyrrole nitrogens is 1. The SMILES string of the molecule is Cc1cc2[nH]c(=O)cc(C)c2cc1NC(=O)C[C@@H]1Cc2ccccc2CN1.O=C(O)C(F)(F)F. The Morgan fingerprint density at radius 1 is 1.09 bits per heavy atom. The minimum absolute atomic E-state index is 0.00333. The highest BCUT2D eigenvalue weighted by molar-refractivity contribution is 5.95. The van der Waals surface area contributed by atoms with E-state index >= 15 is 0 Å². The van der Waals surface area contributed by atoms with Gasteiger partial charge in [0.25, 0.3) is 0 Å². The van der Waals surface area contributed by atoms with Gasteiger partial charge in [-0.3, -0.25) is 9.59 Å². The van der Waals surface area contributed by atoms with Gasteiger partial charge in [-0.05, 0) is 54.7 Å². The lowest BCUT2D eigenvalue weighted by molar-refractivity contribution is -0.192. The molecule has 0 aliphatic carbocycles. The molecule has 2 heterocycles. The summed E-state index contributed by atoms with van der Waals surface area (Å²) in [6, 6.07) is 13.9. The number of halogens is 3. The Hall–Kier alpha value is -3.66. The number of aliphatic carboxylic acids is 1. The van der Waals surface area contributed by atoms with Crippen LogP contribution in [0.4, 0.5) is 18.9 Å². The Kier molecular flexibility index (Phi) is 7.41. The van der Waals surface area contributed by atoms with Gasteiger partial charge in [-0.25, -0.2) is 4.79 Å². The number of benzene rings is 2. The van der Waals surface area contributed by atoms with Gasteiger partial charge in [0.15, 0.2) is 0 Å². The fourth-order valence-corrected chi connectivity index (χ4v) is 3.81. The number of amides is 1. The third-order valence-electron chi connectivity index (χ3n) is 5.51. The van der Waals surface area contributed by atoms with Crippen molar-refractivity contribution in [2.45, 2.75) is 45.5 Å². The Morgan fingerprint density at radius 2 is 1.74 bits per heavy atom. The molecule has 10 heteroatoms. The molecule has 0 spiro atoms. The third-order valence-corrected chi connectivity index (χ3v) is 5.51. The van der Waals surface area contributed by atoms with Crippen molar-refractivity contribution in [2.75, 3.05) is 5.32 Å². The van der Waals surface area contributed by atoms with Crippen LogP contribution in [0.2, 0.25) is 0 Å². The first-order valence-electron chi connectivity index (χ1n) is 10.5. The molecule has 4 rings (SSSR count). The van der Waals surface area contributed by atoms with Crippen LogP contribution in [0.5, 0.6) is 0 Å². The molecule has 1 aromatic heterocycles. The molecule has 1 amide bonds. The van der Waals surface area contributed by atoms with E-state index in [-0.39, 0.29) is 17.5 Å². The predicted octanol–water partition coefficient (Wildman–Crippen LogP) is 3.82. The van der Waals surface area contributed by atoms with Crippen LogP contribution in [0, 0.1) is 13.8 Å². The summed E-state index contributed by atoms with van der Waals surface area (Å²) in [7, 11) is 0. The average Bonchev–Trinajstić information content (AvgIpc) is 2.74. The first-order valence-corrected chi connectivity index (χ1v) is 10.5. The monoisotopic (exact) mass is 475 g/mol. The van der Waals surface area contributed by atoms with Crippen molar-refractivity contribution < 1.29 is 27.9 Å². The molecule has 0 saturated heterocycles. The maximum Gasteiger partial charge on any atom is 0.490 e. The van der Waals surface area contributed by atoms with Crippen molar-refractivity contribution >= 4 is 28.5 Å². The number of aromatic nitrogens is 1. The number of carboxylic acid groups (broad SMARTS) is 1. The molecule has 0 unspecified atom stereocenters. The molecule has 0 fully saturated rings. The van der Waals surface area contributed by atoms with Crippen molar-refractivity contribution in [3.05, 3.63) is 75.1 Å². The number of carboxylic acids is 1. The maximum atomic E-state index is 12.6. The van der Waals surface area contributed by atoms with Gasteiger partial charge in [-0.15, -0.1) is 0 Å². The molecule has 4 N–H and O–H groups in total. The fourth-order valence-electron chi connectivity index (χ4n) is 3.81. The summed E-state index contributed by atoms with van der Waals surface area (Å²) in [4.78, 5) is 36.0. The van der Waals surface area contributed by atoms with E-state index in [2.05, 4.69) is 27.8 Å². The average molecular weight is 475 g/mol. The summed E-state index contributed by atoms with van der Waals surface area (Å²) in [6.07, 6.45) is -3.79. The Morgan fingerprint density at radius 3 is 2.38 bits per heavy atom. The molecule has 180 valence electrons. The third kappa shape index (κ3) is 6.22. The molecule has 34 heavy (non-hydrogen) atoms. The predicted molar refractivity (Wildman–Crippen MR) is 122 cm³/mol. The van der Waals surface area contributed by atoms with Crippen molar-refractivity contribution in [2.24, 2.45) is 0 Å². The van der Waals surface area contributed by atoms with Gasteiger partial charge in [-0.1, -0.05) is 24.3 Å². The van der Waals surface area contributed by atoms with E-state index in [1.807, 2.05) is 38.1 Å². The number of aryl methyl sites for hydroxylation is 2. The van der Waals surface area contributed by atoms with Crippen molar-refractivity contribution in [3.8, 4) is 0 Å². The number of carbonyl (C=O) groups is 2. The summed E-state index contributed by atoms with van der Waals surface area (Å²) >= 11 is 0. The van der Waals surface area contributed by atoms with E-state index in [4.69, 9.17) is 9.90 Å². The molecular formula is C24H24F3N3O4. The van der Waals surface area contributed by atoms with E-state index in [1.54, 1.807) is 6.07 Å². The molecule has 7 nitrogen and oxygen atoms in total. The zero-order valence-corrected chi connectivity index (χ0v) is 18.5. The minimum atomic E-state index is -5.08. The Labute approximate surface area is 193 Å². The highest BCUT2D eigenvalue weighted by Gasteiger charge is 2.38. The zero-order chi connectivity index (χ0) is 25.0. The molecule has 2 aromatic carbocycles. The second-order valence-electron chi connectivity index (χ2n) is 8.14. The number of hydrogen-bond donors (Lipinski definition) is 4. The molecule has 0 saturated carbocycles. The first kappa shape index (κ1) is 25.0. The molecule has 0 bridgehead atoms. The minimum Gasteiger partial charge on any atom is -0.475 e. The number of aromatic amines is 1. The number of alkyl halides is 3. The molecule has 1 aliphatic heterocycles. The molecule has 0 radical (unpaired) electrons. The van der Waals surface area contributed by atoms with E-state index < -0.39 is 12.1 Å². The second-order valence-corrected chi connectivity index (χ2v) is 8.14. The van der Waals surface area contributed by atoms with Crippen LogP contribution in [0.15, 0.2) is 47.3 Å². The van der Waals surface area contributed by atoms with Crippen molar-refractivity contribution in [3.63, 3.8) is 0 Å². The number of pyridine rings is 1. The summed E-state index contributed by atoms with van der Waals surface area (Å²) in [5.74, 6) is -2.76. The van der Waals surface area contributed by atoms with E-state index in [0.29, 0.717) is 6.42 Å². The van der Waals surface area contributed by atoms with Gasteiger partial charge >= 0.3 is 12.1 Å². The Bertz CT molecular complexity index is 1280. The van der Waals surface area contributed by atoms with Crippen molar-refractivity contribution in [1.29, 1.82) is 0 Å². The van der Waals surface area contributed by atoms with Crippen LogP contribution >= 0.6 is 0 Å². The summed E-state index contributed by atoms with van der Waals surface area (Å²) < 4.78 is 31.7. The lowest BCUT2D eigenvalue weighted by Crippen LogP contribution is -2.38. The smallest absolute Gasteiger partial charge is 0.475 e. The van der Waals surface area contributed by atoms with Gasteiger partial charge < -0.3 is 20.7 Å². The van der Waals surface area contributed by atoms with Gasteiger partial charge in [0.05, 0.1) is 0 Å². The lowest BCUT2D eigenvalue weighted by Gasteiger charge is -2.25. The molecule has 1 aliphatic rings. The largest absolute Gasteiger partial charge is 0.490 e. The van der Waals surface area contributed by atoms with Gasteiger partial charge in [0, 0.05) is 41.7 Å². The first-order chi connectivity index (χ1) is 15.9. The lowest BCUT2D eigenvalue weighted by atomic mass is 9.94. The van der Waals surface area contributed by atoms with Gasteiger partial charge in [-0.2, -0.15) is 13.2 Å². The van der Waals surface area contributed by atoms with Gasteiger partial charge in [0.2, 0.25) is 11.5 Å². The van der Waals surface area contributed by atoms with Crippen LogP contribution in [-0.4, -0.2) is 34.2 Å². The molecule has 1 atom stereocenters. The Balaban J connectivity index is 0.000000406. The second kappa shape index (κ2) is 10.1. The topological polar surface area (TPSA) is 111 Å². The van der Waals surface area contributed by atoms with E-state index in [1.165, 1.54) is 11.1 Å². The summed E-state index contributed by atoms with van der Waals surface area (Å²) in [5, 5.41) is 14.6. The number of carbonyl (C=O) groups excluding carboxylic acids is 1. The standard InChI is InChI=1S/C22H23N3O2.C2HF3O2/c1-13-8-21(26)25-20-7-14(2)19(11-18(13)20)24-22(27)10-17-9-15-5-3-4-6-16(15)12-23-17;3-2(4,5)1(6)7/h3-8,11,17,23H,9-10,12H2,1-2H3,(H,24,27)(H,25,26);(H,6,7)/t17-;/m0./s1. The summed E-state index contributed by atoms with van der Waals surface area (Å²) in [6.45, 7) is 4.64. The maximum absolute atomic E-state index is 12.6. The number of nitrogens with one attached hydrogen (secondary N) is 3. The molecular weight excluding hydrogens is 451 g/mol. The van der Waals surface area contributed by atoms with E-state index in [0.717, 1.165) is 40.7 Å². The molecule has 3 aromatic rings. The van der Waals surface area contributed by atoms with Crippen molar-refractivity contribution in [1.82, 2.24) is 10.3 Å². The van der Waals surface area contributed by atoms with Gasteiger partial charge in [0.1, 0.15) is 0 Å². The van der Waals surface area contributed by atoms with Crippen LogP contribution in [0.1, 0.15) is 28.7 Å². The van der Waals surface area contributed by atoms with Crippen LogP contribution < -0.4 is 16.2 Å². The van der Waals surface area contributed by atoms with Crippen LogP contribution in [0.25, 0.3) is 10.9 Å². The summed E-state index contributed by atoms with van der Waals surface area (Å²) in [5.41, 5.74) is 5.92. The zero-order valence-electron chi connectivity index (χ0n) is 18.5. The van der Waals surface area contributed by atoms with E-state index in [9.17, 15) is 22.8 Å². The number of fused-ring (bicyclic) bond motifs is 2. The number of anilines is 1. The number of rotatable bonds is 3. The normalized spacial score (nSPS) is 15.1.